The minimum atomic E-state index is -4.38. The van der Waals surface area contributed by atoms with Crippen molar-refractivity contribution in [1.82, 2.24) is 14.9 Å². The topological polar surface area (TPSA) is 38.2 Å². The Morgan fingerprint density at radius 2 is 1.83 bits per heavy atom. The van der Waals surface area contributed by atoms with E-state index < -0.39 is 11.7 Å². The Balaban J connectivity index is 2.10. The van der Waals surface area contributed by atoms with Gasteiger partial charge in [-0.3, -0.25) is 0 Å². The van der Waals surface area contributed by atoms with Crippen molar-refractivity contribution in [3.63, 3.8) is 0 Å². The molecule has 0 saturated heterocycles. The van der Waals surface area contributed by atoms with E-state index in [0.717, 1.165) is 31.8 Å². The van der Waals surface area contributed by atoms with Crippen molar-refractivity contribution in [3.05, 3.63) is 42.2 Å². The van der Waals surface area contributed by atoms with Crippen LogP contribution in [-0.2, 0) is 6.18 Å². The largest absolute Gasteiger partial charge is 0.476 e. The molecule has 2 aromatic rings. The summed E-state index contributed by atoms with van der Waals surface area (Å²) in [5.41, 5.74) is 0.0670. The van der Waals surface area contributed by atoms with Crippen molar-refractivity contribution < 1.29 is 17.9 Å². The van der Waals surface area contributed by atoms with E-state index in [4.69, 9.17) is 4.74 Å². The van der Waals surface area contributed by atoms with E-state index in [-0.39, 0.29) is 0 Å². The number of alkyl halides is 3. The molecule has 4 nitrogen and oxygen atoms in total. The molecule has 0 aliphatic carbocycles. The molecule has 0 spiro atoms. The number of halogens is 3. The van der Waals surface area contributed by atoms with Gasteiger partial charge in [-0.2, -0.15) is 13.2 Å². The molecule has 0 atom stereocenters. The fraction of sp³-hybridized carbons (Fsp3) is 0.412. The van der Waals surface area contributed by atoms with Gasteiger partial charge in [0.05, 0.1) is 11.3 Å². The second-order valence-corrected chi connectivity index (χ2v) is 5.20. The van der Waals surface area contributed by atoms with Gasteiger partial charge in [0.15, 0.2) is 0 Å². The van der Waals surface area contributed by atoms with Crippen molar-refractivity contribution in [2.24, 2.45) is 0 Å². The average molecular weight is 339 g/mol. The van der Waals surface area contributed by atoms with Crippen LogP contribution in [-0.4, -0.2) is 41.1 Å². The predicted molar refractivity (Wildman–Crippen MR) is 85.8 cm³/mol. The van der Waals surface area contributed by atoms with E-state index in [9.17, 15) is 13.2 Å². The van der Waals surface area contributed by atoms with Gasteiger partial charge in [-0.05, 0) is 25.2 Å². The zero-order valence-electron chi connectivity index (χ0n) is 13.7. The molecule has 0 unspecified atom stereocenters. The maximum absolute atomic E-state index is 12.8. The SMILES string of the molecule is CCN(CC)CCOc1cc(-c2cccc(C(F)(F)F)c2)ncn1. The number of nitrogens with zero attached hydrogens (tertiary/aromatic N) is 3. The zero-order chi connectivity index (χ0) is 17.6. The van der Waals surface area contributed by atoms with Crippen LogP contribution in [0.1, 0.15) is 19.4 Å². The van der Waals surface area contributed by atoms with E-state index in [1.807, 2.05) is 0 Å². The lowest BCUT2D eigenvalue weighted by atomic mass is 10.1. The van der Waals surface area contributed by atoms with E-state index in [1.54, 1.807) is 12.1 Å². The molecule has 0 radical (unpaired) electrons. The molecule has 1 heterocycles. The highest BCUT2D eigenvalue weighted by atomic mass is 19.4. The third kappa shape index (κ3) is 4.92. The van der Waals surface area contributed by atoms with E-state index >= 15 is 0 Å². The van der Waals surface area contributed by atoms with Crippen molar-refractivity contribution >= 4 is 0 Å². The van der Waals surface area contributed by atoms with E-state index in [1.165, 1.54) is 12.4 Å². The Morgan fingerprint density at radius 3 is 2.50 bits per heavy atom. The molecule has 1 aromatic heterocycles. The van der Waals surface area contributed by atoms with Crippen LogP contribution in [0, 0.1) is 0 Å². The molecule has 0 fully saturated rings. The first-order chi connectivity index (χ1) is 11.4. The van der Waals surface area contributed by atoms with E-state index in [2.05, 4.69) is 28.7 Å². The highest BCUT2D eigenvalue weighted by Crippen LogP contribution is 2.32. The van der Waals surface area contributed by atoms with Gasteiger partial charge in [-0.25, -0.2) is 9.97 Å². The zero-order valence-corrected chi connectivity index (χ0v) is 13.7. The van der Waals surface area contributed by atoms with Crippen LogP contribution in [0.2, 0.25) is 0 Å². The van der Waals surface area contributed by atoms with Gasteiger partial charge in [0.2, 0.25) is 5.88 Å². The minimum Gasteiger partial charge on any atom is -0.476 e. The van der Waals surface area contributed by atoms with Gasteiger partial charge in [0, 0.05) is 18.2 Å². The van der Waals surface area contributed by atoms with Gasteiger partial charge in [0.1, 0.15) is 12.9 Å². The van der Waals surface area contributed by atoms with Crippen LogP contribution in [0.3, 0.4) is 0 Å². The Kier molecular flexibility index (Phi) is 6.14. The third-order valence-corrected chi connectivity index (χ3v) is 3.68. The third-order valence-electron chi connectivity index (χ3n) is 3.68. The Labute approximate surface area is 139 Å². The normalized spacial score (nSPS) is 11.8. The summed E-state index contributed by atoms with van der Waals surface area (Å²) in [6.07, 6.45) is -3.09. The molecule has 130 valence electrons. The highest BCUT2D eigenvalue weighted by molar-refractivity contribution is 5.60. The highest BCUT2D eigenvalue weighted by Gasteiger charge is 2.30. The summed E-state index contributed by atoms with van der Waals surface area (Å²) in [6, 6.07) is 6.60. The van der Waals surface area contributed by atoms with Crippen molar-refractivity contribution in [2.75, 3.05) is 26.2 Å². The molecule has 0 aliphatic heterocycles. The maximum Gasteiger partial charge on any atom is 0.416 e. The number of rotatable bonds is 7. The van der Waals surface area contributed by atoms with Crippen LogP contribution >= 0.6 is 0 Å². The molecular weight excluding hydrogens is 319 g/mol. The molecule has 0 N–H and O–H groups in total. The van der Waals surface area contributed by atoms with Crippen LogP contribution in [0.4, 0.5) is 13.2 Å². The van der Waals surface area contributed by atoms with Crippen molar-refractivity contribution in [3.8, 4) is 17.1 Å². The standard InChI is InChI=1S/C17H20F3N3O/c1-3-23(4-2)8-9-24-16-11-15(21-12-22-16)13-6-5-7-14(10-13)17(18,19)20/h5-7,10-12H,3-4,8-9H2,1-2H3. The van der Waals surface area contributed by atoms with Crippen LogP contribution < -0.4 is 4.74 Å². The smallest absolute Gasteiger partial charge is 0.416 e. The predicted octanol–water partition coefficient (Wildman–Crippen LogP) is 3.88. The number of likely N-dealkylation sites (N-methyl/N-ethyl adjacent to an activating group) is 1. The molecule has 7 heteroatoms. The van der Waals surface area contributed by atoms with Gasteiger partial charge < -0.3 is 9.64 Å². The van der Waals surface area contributed by atoms with Gasteiger partial charge in [-0.15, -0.1) is 0 Å². The lowest BCUT2D eigenvalue weighted by Gasteiger charge is -2.17. The molecule has 2 rings (SSSR count). The lowest BCUT2D eigenvalue weighted by molar-refractivity contribution is -0.137. The molecule has 0 aliphatic rings. The van der Waals surface area contributed by atoms with E-state index in [0.29, 0.717) is 23.7 Å². The second kappa shape index (κ2) is 8.10. The van der Waals surface area contributed by atoms with Crippen molar-refractivity contribution in [2.45, 2.75) is 20.0 Å². The Hall–Kier alpha value is -2.15. The van der Waals surface area contributed by atoms with Gasteiger partial charge >= 0.3 is 6.18 Å². The molecule has 0 amide bonds. The number of benzene rings is 1. The lowest BCUT2D eigenvalue weighted by Crippen LogP contribution is -2.28. The number of hydrogen-bond acceptors (Lipinski definition) is 4. The fourth-order valence-electron chi connectivity index (χ4n) is 2.25. The summed E-state index contributed by atoms with van der Waals surface area (Å²) in [5, 5.41) is 0. The summed E-state index contributed by atoms with van der Waals surface area (Å²) in [4.78, 5) is 10.3. The van der Waals surface area contributed by atoms with Crippen LogP contribution in [0.15, 0.2) is 36.7 Å². The number of hydrogen-bond donors (Lipinski definition) is 0. The first kappa shape index (κ1) is 18.2. The van der Waals surface area contributed by atoms with Crippen molar-refractivity contribution in [1.29, 1.82) is 0 Å². The first-order valence-corrected chi connectivity index (χ1v) is 7.78. The average Bonchev–Trinajstić information content (AvgIpc) is 2.58. The van der Waals surface area contributed by atoms with Crippen LogP contribution in [0.25, 0.3) is 11.3 Å². The summed E-state index contributed by atoms with van der Waals surface area (Å²) >= 11 is 0. The van der Waals surface area contributed by atoms with Gasteiger partial charge in [-0.1, -0.05) is 26.0 Å². The number of aromatic nitrogens is 2. The monoisotopic (exact) mass is 339 g/mol. The Morgan fingerprint density at radius 1 is 1.08 bits per heavy atom. The Bertz CT molecular complexity index is 658. The summed E-state index contributed by atoms with van der Waals surface area (Å²) in [6.45, 7) is 7.22. The van der Waals surface area contributed by atoms with Gasteiger partial charge in [0.25, 0.3) is 0 Å². The second-order valence-electron chi connectivity index (χ2n) is 5.20. The molecule has 0 bridgehead atoms. The quantitative estimate of drug-likeness (QED) is 0.767. The molecule has 1 aromatic carbocycles. The summed E-state index contributed by atoms with van der Waals surface area (Å²) < 4.78 is 44.0. The van der Waals surface area contributed by atoms with Crippen LogP contribution in [0.5, 0.6) is 5.88 Å². The number of ether oxygens (including phenoxy) is 1. The maximum atomic E-state index is 12.8. The minimum absolute atomic E-state index is 0.351. The first-order valence-electron chi connectivity index (χ1n) is 7.78. The molecule has 0 saturated carbocycles. The molecule has 24 heavy (non-hydrogen) atoms. The summed E-state index contributed by atoms with van der Waals surface area (Å²) in [7, 11) is 0. The fourth-order valence-corrected chi connectivity index (χ4v) is 2.25. The molecular formula is C17H20F3N3O. The summed E-state index contributed by atoms with van der Waals surface area (Å²) in [5.74, 6) is 0.351.